The normalized spacial score (nSPS) is 14.5. The Morgan fingerprint density at radius 3 is 1.32 bits per heavy atom. The second kappa shape index (κ2) is 11.7. The van der Waals surface area contributed by atoms with Crippen molar-refractivity contribution in [3.05, 3.63) is 234 Å². The van der Waals surface area contributed by atoms with Crippen molar-refractivity contribution < 1.29 is 0 Å². The Bertz CT molecular complexity index is 3340. The highest BCUT2D eigenvalue weighted by Crippen LogP contribution is 2.64. The molecule has 0 saturated carbocycles. The number of hydrogen-bond donors (Lipinski definition) is 0. The maximum absolute atomic E-state index is 2.56. The molecule has 276 valence electrons. The Labute approximate surface area is 344 Å². The second-order valence-corrected chi connectivity index (χ2v) is 17.1. The fourth-order valence-electron chi connectivity index (χ4n) is 11.6. The number of hydrogen-bond acceptors (Lipinski definition) is 1. The van der Waals surface area contributed by atoms with Crippen LogP contribution >= 0.6 is 0 Å². The van der Waals surface area contributed by atoms with Crippen LogP contribution in [0.4, 0.5) is 17.1 Å². The van der Waals surface area contributed by atoms with Crippen LogP contribution in [0.2, 0.25) is 0 Å². The molecule has 0 unspecified atom stereocenters. The van der Waals surface area contributed by atoms with Crippen molar-refractivity contribution in [1.29, 1.82) is 0 Å². The Morgan fingerprint density at radius 2 is 0.729 bits per heavy atom. The zero-order valence-corrected chi connectivity index (χ0v) is 33.0. The molecule has 0 bridgehead atoms. The molecular weight excluding hydrogens is 711 g/mol. The molecule has 1 spiro atoms. The van der Waals surface area contributed by atoms with E-state index in [-0.39, 0.29) is 5.41 Å². The van der Waals surface area contributed by atoms with E-state index in [0.29, 0.717) is 0 Å². The average molecular weight is 750 g/mol. The van der Waals surface area contributed by atoms with E-state index in [0.717, 1.165) is 11.4 Å². The summed E-state index contributed by atoms with van der Waals surface area (Å²) in [5.74, 6) is 0. The summed E-state index contributed by atoms with van der Waals surface area (Å²) in [5, 5.41) is 7.67. The van der Waals surface area contributed by atoms with Crippen molar-refractivity contribution in [3.8, 4) is 33.4 Å². The molecule has 0 aromatic heterocycles. The summed E-state index contributed by atoms with van der Waals surface area (Å²) in [7, 11) is 0. The van der Waals surface area contributed by atoms with Crippen LogP contribution in [0.3, 0.4) is 0 Å². The SMILES string of the molecule is CC1(C)c2ccccc2-c2c(N(c3ccc4c(c3)C3(c5ccccc5-c5ccccc53)c3ccccc3-4)c3ccc4c5ccccc5c5ccccc5c4c3)cccc21. The number of rotatable bonds is 3. The molecule has 3 aliphatic rings. The molecule has 0 aliphatic heterocycles. The van der Waals surface area contributed by atoms with Crippen molar-refractivity contribution in [3.63, 3.8) is 0 Å². The highest BCUT2D eigenvalue weighted by Gasteiger charge is 2.51. The average Bonchev–Trinajstić information content (AvgIpc) is 3.85. The van der Waals surface area contributed by atoms with Crippen LogP contribution in [0, 0.1) is 0 Å². The molecule has 1 nitrogen and oxygen atoms in total. The Morgan fingerprint density at radius 1 is 0.305 bits per heavy atom. The Balaban J connectivity index is 1.14. The van der Waals surface area contributed by atoms with Crippen LogP contribution in [0.1, 0.15) is 47.2 Å². The molecule has 0 heterocycles. The van der Waals surface area contributed by atoms with Gasteiger partial charge in [0.2, 0.25) is 0 Å². The van der Waals surface area contributed by atoms with Crippen LogP contribution in [0.25, 0.3) is 65.7 Å². The van der Waals surface area contributed by atoms with Gasteiger partial charge in [-0.05, 0) is 124 Å². The standard InChI is InChI=1S/C58H39N/c1-57(2)49-24-11-10-23-47(49)56-53(57)28-15-29-55(56)59(36-30-32-42-40-18-4-3-16-38(40)39-17-5-6-19-41(39)48(42)34-36)37-31-33-46-45-22-9-14-27-52(45)58(54(46)35-37)50-25-12-7-20-43(50)44-21-8-13-26-51(44)58/h3-35H,1-2H3. The highest BCUT2D eigenvalue weighted by molar-refractivity contribution is 6.26. The van der Waals surface area contributed by atoms with Gasteiger partial charge in [-0.25, -0.2) is 0 Å². The van der Waals surface area contributed by atoms with Gasteiger partial charge in [-0.15, -0.1) is 0 Å². The lowest BCUT2D eigenvalue weighted by Gasteiger charge is -2.33. The Kier molecular flexibility index (Phi) is 6.50. The number of benzene rings is 10. The van der Waals surface area contributed by atoms with Crippen LogP contribution in [-0.4, -0.2) is 0 Å². The number of nitrogens with zero attached hydrogens (tertiary/aromatic N) is 1. The van der Waals surface area contributed by atoms with E-state index in [2.05, 4.69) is 219 Å². The predicted octanol–water partition coefficient (Wildman–Crippen LogP) is 15.3. The van der Waals surface area contributed by atoms with Crippen molar-refractivity contribution in [2.45, 2.75) is 24.7 Å². The topological polar surface area (TPSA) is 3.24 Å². The molecule has 10 aromatic rings. The van der Waals surface area contributed by atoms with Crippen LogP contribution in [0.5, 0.6) is 0 Å². The molecule has 0 atom stereocenters. The third-order valence-corrected chi connectivity index (χ3v) is 14.1. The van der Waals surface area contributed by atoms with E-state index in [1.54, 1.807) is 0 Å². The lowest BCUT2D eigenvalue weighted by molar-refractivity contribution is 0.660. The van der Waals surface area contributed by atoms with E-state index in [1.807, 2.05) is 0 Å². The van der Waals surface area contributed by atoms with Gasteiger partial charge >= 0.3 is 0 Å². The maximum atomic E-state index is 2.56. The summed E-state index contributed by atoms with van der Waals surface area (Å²) in [6.07, 6.45) is 0. The number of fused-ring (bicyclic) bond motifs is 19. The van der Waals surface area contributed by atoms with Gasteiger partial charge in [-0.3, -0.25) is 0 Å². The summed E-state index contributed by atoms with van der Waals surface area (Å²) in [5.41, 5.74) is 19.0. The van der Waals surface area contributed by atoms with Gasteiger partial charge in [0.05, 0.1) is 11.1 Å². The minimum absolute atomic E-state index is 0.132. The minimum atomic E-state index is -0.438. The van der Waals surface area contributed by atoms with Gasteiger partial charge in [-0.1, -0.05) is 184 Å². The summed E-state index contributed by atoms with van der Waals surface area (Å²) >= 11 is 0. The molecule has 13 rings (SSSR count). The lowest BCUT2D eigenvalue weighted by atomic mass is 9.70. The minimum Gasteiger partial charge on any atom is -0.310 e. The van der Waals surface area contributed by atoms with Gasteiger partial charge in [0.1, 0.15) is 0 Å². The van der Waals surface area contributed by atoms with Crippen LogP contribution in [-0.2, 0) is 10.8 Å². The first-order valence-corrected chi connectivity index (χ1v) is 20.9. The smallest absolute Gasteiger partial charge is 0.0726 e. The van der Waals surface area contributed by atoms with E-state index in [1.165, 1.54) is 105 Å². The molecule has 1 heteroatoms. The molecule has 0 amide bonds. The first-order chi connectivity index (χ1) is 29.0. The summed E-state index contributed by atoms with van der Waals surface area (Å²) < 4.78 is 0. The first kappa shape index (κ1) is 32.8. The molecular formula is C58H39N. The van der Waals surface area contributed by atoms with Crippen LogP contribution < -0.4 is 4.90 Å². The van der Waals surface area contributed by atoms with Gasteiger partial charge in [0.25, 0.3) is 0 Å². The van der Waals surface area contributed by atoms with Gasteiger partial charge < -0.3 is 4.90 Å². The van der Waals surface area contributed by atoms with Crippen molar-refractivity contribution in [2.24, 2.45) is 0 Å². The van der Waals surface area contributed by atoms with E-state index >= 15 is 0 Å². The first-order valence-electron chi connectivity index (χ1n) is 20.9. The summed E-state index contributed by atoms with van der Waals surface area (Å²) in [6, 6.07) is 75.6. The lowest BCUT2D eigenvalue weighted by Crippen LogP contribution is -2.26. The fourth-order valence-corrected chi connectivity index (χ4v) is 11.6. The maximum Gasteiger partial charge on any atom is 0.0726 e. The van der Waals surface area contributed by atoms with E-state index < -0.39 is 5.41 Å². The van der Waals surface area contributed by atoms with Crippen LogP contribution in [0.15, 0.2) is 200 Å². The van der Waals surface area contributed by atoms with E-state index in [9.17, 15) is 0 Å². The largest absolute Gasteiger partial charge is 0.310 e. The molecule has 59 heavy (non-hydrogen) atoms. The van der Waals surface area contributed by atoms with E-state index in [4.69, 9.17) is 0 Å². The van der Waals surface area contributed by atoms with Gasteiger partial charge in [0, 0.05) is 22.4 Å². The third-order valence-electron chi connectivity index (χ3n) is 14.1. The molecule has 0 N–H and O–H groups in total. The highest BCUT2D eigenvalue weighted by atomic mass is 15.1. The molecule has 0 saturated heterocycles. The Hall–Kier alpha value is -7.22. The number of anilines is 3. The molecule has 0 radical (unpaired) electrons. The zero-order chi connectivity index (χ0) is 39.0. The third kappa shape index (κ3) is 4.14. The molecule has 3 aliphatic carbocycles. The zero-order valence-electron chi connectivity index (χ0n) is 33.0. The fraction of sp³-hybridized carbons (Fsp3) is 0.0690. The van der Waals surface area contributed by atoms with Gasteiger partial charge in [0.15, 0.2) is 0 Å². The quantitative estimate of drug-likeness (QED) is 0.163. The molecule has 0 fully saturated rings. The second-order valence-electron chi connectivity index (χ2n) is 17.1. The summed E-state index contributed by atoms with van der Waals surface area (Å²) in [6.45, 7) is 4.76. The van der Waals surface area contributed by atoms with Crippen molar-refractivity contribution >= 4 is 49.4 Å². The van der Waals surface area contributed by atoms with Crippen molar-refractivity contribution in [1.82, 2.24) is 0 Å². The monoisotopic (exact) mass is 749 g/mol. The van der Waals surface area contributed by atoms with Crippen molar-refractivity contribution in [2.75, 3.05) is 4.90 Å². The van der Waals surface area contributed by atoms with Gasteiger partial charge in [-0.2, -0.15) is 0 Å². The summed E-state index contributed by atoms with van der Waals surface area (Å²) in [4.78, 5) is 2.56. The predicted molar refractivity (Wildman–Crippen MR) is 248 cm³/mol. The molecule has 10 aromatic carbocycles.